The molecule has 0 aliphatic heterocycles. The molecule has 2 aromatic carbocycles. The van der Waals surface area contributed by atoms with Crippen molar-refractivity contribution in [2.75, 3.05) is 20.3 Å². The van der Waals surface area contributed by atoms with E-state index in [9.17, 15) is 9.59 Å². The van der Waals surface area contributed by atoms with Crippen molar-refractivity contribution in [1.29, 1.82) is 0 Å². The molecule has 0 bridgehead atoms. The molecule has 5 heteroatoms. The first kappa shape index (κ1) is 20.6. The summed E-state index contributed by atoms with van der Waals surface area (Å²) in [4.78, 5) is 25.1. The summed E-state index contributed by atoms with van der Waals surface area (Å²) in [5, 5.41) is 0. The third kappa shape index (κ3) is 6.53. The van der Waals surface area contributed by atoms with Crippen molar-refractivity contribution < 1.29 is 23.8 Å². The van der Waals surface area contributed by atoms with Crippen molar-refractivity contribution >= 4 is 11.8 Å². The average molecular weight is 370 g/mol. The molecule has 2 unspecified atom stereocenters. The number of hydrogen-bond acceptors (Lipinski definition) is 5. The van der Waals surface area contributed by atoms with Crippen LogP contribution in [0.3, 0.4) is 0 Å². The van der Waals surface area contributed by atoms with Crippen LogP contribution in [0.1, 0.15) is 30.1 Å². The number of esters is 1. The fourth-order valence-corrected chi connectivity index (χ4v) is 2.69. The molecule has 0 amide bonds. The minimum absolute atomic E-state index is 0.202. The lowest BCUT2D eigenvalue weighted by Gasteiger charge is -2.22. The normalized spacial score (nSPS) is 12.8. The predicted molar refractivity (Wildman–Crippen MR) is 103 cm³/mol. The monoisotopic (exact) mass is 370 g/mol. The van der Waals surface area contributed by atoms with E-state index in [1.54, 1.807) is 24.3 Å². The fraction of sp³-hybridized carbons (Fsp3) is 0.364. The number of hydrogen-bond donors (Lipinski definition) is 0. The predicted octanol–water partition coefficient (Wildman–Crippen LogP) is 3.92. The minimum Gasteiger partial charge on any atom is -0.491 e. The average Bonchev–Trinajstić information content (AvgIpc) is 2.73. The zero-order valence-electron chi connectivity index (χ0n) is 15.8. The van der Waals surface area contributed by atoms with Crippen molar-refractivity contribution in [3.8, 4) is 5.75 Å². The summed E-state index contributed by atoms with van der Waals surface area (Å²) in [6, 6.07) is 18.1. The third-order valence-corrected chi connectivity index (χ3v) is 4.10. The molecule has 0 heterocycles. The van der Waals surface area contributed by atoms with Crippen molar-refractivity contribution in [3.63, 3.8) is 0 Å². The largest absolute Gasteiger partial charge is 0.491 e. The highest BCUT2D eigenvalue weighted by Gasteiger charge is 2.32. The Kier molecular flexibility index (Phi) is 8.52. The van der Waals surface area contributed by atoms with Gasteiger partial charge in [0.15, 0.2) is 5.78 Å². The summed E-state index contributed by atoms with van der Waals surface area (Å²) in [6.45, 7) is 2.78. The molecule has 0 aromatic heterocycles. The lowest BCUT2D eigenvalue weighted by Crippen LogP contribution is -2.33. The molecule has 2 aromatic rings. The standard InChI is InChI=1S/C22H26O5/c1-3-14-26-19(16-27-18-12-8-5-9-13-18)15-20(22(24)25-2)21(23)17-10-6-4-7-11-17/h4-13,19-20H,3,14-16H2,1-2H3. The van der Waals surface area contributed by atoms with Gasteiger partial charge in [-0.1, -0.05) is 55.5 Å². The molecule has 2 rings (SSSR count). The Labute approximate surface area is 160 Å². The SMILES string of the molecule is CCCOC(COc1ccccc1)CC(C(=O)OC)C(=O)c1ccccc1. The number of ketones is 1. The van der Waals surface area contributed by atoms with Crippen LogP contribution >= 0.6 is 0 Å². The van der Waals surface area contributed by atoms with Gasteiger partial charge in [0.2, 0.25) is 0 Å². The third-order valence-electron chi connectivity index (χ3n) is 4.10. The summed E-state index contributed by atoms with van der Waals surface area (Å²) in [5.41, 5.74) is 0.478. The molecule has 0 fully saturated rings. The van der Waals surface area contributed by atoms with Crippen molar-refractivity contribution in [3.05, 3.63) is 66.2 Å². The van der Waals surface area contributed by atoms with Crippen LogP contribution in [0.2, 0.25) is 0 Å². The van der Waals surface area contributed by atoms with Crippen molar-refractivity contribution in [2.24, 2.45) is 5.92 Å². The van der Waals surface area contributed by atoms with Gasteiger partial charge >= 0.3 is 5.97 Å². The molecule has 0 aliphatic rings. The van der Waals surface area contributed by atoms with Crippen LogP contribution in [0.5, 0.6) is 5.75 Å². The Morgan fingerprint density at radius 3 is 2.19 bits per heavy atom. The van der Waals surface area contributed by atoms with E-state index in [0.29, 0.717) is 17.9 Å². The highest BCUT2D eigenvalue weighted by atomic mass is 16.5. The molecule has 5 nitrogen and oxygen atoms in total. The van der Waals surface area contributed by atoms with E-state index in [1.807, 2.05) is 43.3 Å². The lowest BCUT2D eigenvalue weighted by atomic mass is 9.92. The number of carbonyl (C=O) groups is 2. The lowest BCUT2D eigenvalue weighted by molar-refractivity contribution is -0.145. The fourth-order valence-electron chi connectivity index (χ4n) is 2.69. The van der Waals surface area contributed by atoms with Gasteiger partial charge < -0.3 is 14.2 Å². The van der Waals surface area contributed by atoms with E-state index in [0.717, 1.165) is 6.42 Å². The molecule has 0 saturated heterocycles. The maximum atomic E-state index is 12.8. The number of Topliss-reactive ketones (excluding diaryl/α,β-unsaturated/α-hetero) is 1. The summed E-state index contributed by atoms with van der Waals surface area (Å²) in [6.07, 6.45) is 0.631. The second kappa shape index (κ2) is 11.1. The molecular weight excluding hydrogens is 344 g/mol. The second-order valence-corrected chi connectivity index (χ2v) is 6.16. The Hall–Kier alpha value is -2.66. The molecule has 0 saturated carbocycles. The van der Waals surface area contributed by atoms with Gasteiger partial charge in [-0.15, -0.1) is 0 Å². The number of carbonyl (C=O) groups excluding carboxylic acids is 2. The summed E-state index contributed by atoms with van der Waals surface area (Å²) >= 11 is 0. The molecule has 27 heavy (non-hydrogen) atoms. The van der Waals surface area contributed by atoms with E-state index in [2.05, 4.69) is 0 Å². The summed E-state index contributed by atoms with van der Waals surface area (Å²) in [5.74, 6) is -1.05. The maximum absolute atomic E-state index is 12.8. The van der Waals surface area contributed by atoms with E-state index in [4.69, 9.17) is 14.2 Å². The topological polar surface area (TPSA) is 61.8 Å². The first-order valence-electron chi connectivity index (χ1n) is 9.12. The second-order valence-electron chi connectivity index (χ2n) is 6.16. The molecule has 144 valence electrons. The zero-order chi connectivity index (χ0) is 19.5. The van der Waals surface area contributed by atoms with Crippen LogP contribution in [-0.4, -0.2) is 38.2 Å². The summed E-state index contributed by atoms with van der Waals surface area (Å²) < 4.78 is 16.5. The van der Waals surface area contributed by atoms with Gasteiger partial charge in [-0.3, -0.25) is 9.59 Å². The number of para-hydroxylation sites is 1. The Bertz CT molecular complexity index is 699. The Morgan fingerprint density at radius 1 is 0.963 bits per heavy atom. The van der Waals surface area contributed by atoms with Crippen LogP contribution in [0.4, 0.5) is 0 Å². The van der Waals surface area contributed by atoms with Gasteiger partial charge in [0, 0.05) is 12.2 Å². The van der Waals surface area contributed by atoms with E-state index in [-0.39, 0.29) is 18.8 Å². The van der Waals surface area contributed by atoms with E-state index >= 15 is 0 Å². The summed E-state index contributed by atoms with van der Waals surface area (Å²) in [7, 11) is 1.29. The highest BCUT2D eigenvalue weighted by Crippen LogP contribution is 2.19. The molecule has 0 radical (unpaired) electrons. The van der Waals surface area contributed by atoms with E-state index < -0.39 is 18.0 Å². The van der Waals surface area contributed by atoms with Gasteiger partial charge in [0.05, 0.1) is 13.2 Å². The van der Waals surface area contributed by atoms with Gasteiger partial charge in [-0.05, 0) is 25.0 Å². The molecule has 0 N–H and O–H groups in total. The van der Waals surface area contributed by atoms with Crippen LogP contribution in [0, 0.1) is 5.92 Å². The van der Waals surface area contributed by atoms with Crippen LogP contribution in [0.25, 0.3) is 0 Å². The Balaban J connectivity index is 2.11. The highest BCUT2D eigenvalue weighted by molar-refractivity contribution is 6.08. The first-order chi connectivity index (χ1) is 13.2. The Morgan fingerprint density at radius 2 is 1.59 bits per heavy atom. The molecular formula is C22H26O5. The van der Waals surface area contributed by atoms with Crippen molar-refractivity contribution in [2.45, 2.75) is 25.9 Å². The number of methoxy groups -OCH3 is 1. The van der Waals surface area contributed by atoms with Crippen LogP contribution in [0.15, 0.2) is 60.7 Å². The quantitative estimate of drug-likeness (QED) is 0.341. The first-order valence-corrected chi connectivity index (χ1v) is 9.12. The maximum Gasteiger partial charge on any atom is 0.316 e. The van der Waals surface area contributed by atoms with Crippen molar-refractivity contribution in [1.82, 2.24) is 0 Å². The number of ether oxygens (including phenoxy) is 3. The van der Waals surface area contributed by atoms with Crippen LogP contribution in [-0.2, 0) is 14.3 Å². The van der Waals surface area contributed by atoms with Gasteiger partial charge in [0.1, 0.15) is 18.3 Å². The zero-order valence-corrected chi connectivity index (χ0v) is 15.8. The molecule has 0 aliphatic carbocycles. The number of benzene rings is 2. The smallest absolute Gasteiger partial charge is 0.316 e. The van der Waals surface area contributed by atoms with Gasteiger partial charge in [-0.25, -0.2) is 0 Å². The van der Waals surface area contributed by atoms with Gasteiger partial charge in [0.25, 0.3) is 0 Å². The van der Waals surface area contributed by atoms with Gasteiger partial charge in [-0.2, -0.15) is 0 Å². The minimum atomic E-state index is -0.932. The molecule has 2 atom stereocenters. The number of rotatable bonds is 11. The van der Waals surface area contributed by atoms with E-state index in [1.165, 1.54) is 7.11 Å². The molecule has 0 spiro atoms. The van der Waals surface area contributed by atoms with Crippen LogP contribution < -0.4 is 4.74 Å².